The molecule has 1 fully saturated rings. The maximum absolute atomic E-state index is 11.8. The maximum Gasteiger partial charge on any atom is 0.231 e. The third kappa shape index (κ3) is 2.59. The summed E-state index contributed by atoms with van der Waals surface area (Å²) >= 11 is 6.85. The molecular formula is C18H24ClNO. The molecule has 2 unspecified atom stereocenters. The molecule has 1 heterocycles. The van der Waals surface area contributed by atoms with Gasteiger partial charge in [0.15, 0.2) is 0 Å². The fraction of sp³-hybridized carbons (Fsp3) is 0.611. The van der Waals surface area contributed by atoms with E-state index in [4.69, 9.17) is 11.6 Å². The van der Waals surface area contributed by atoms with Gasteiger partial charge < -0.3 is 4.90 Å². The van der Waals surface area contributed by atoms with Crippen molar-refractivity contribution in [3.63, 3.8) is 0 Å². The van der Waals surface area contributed by atoms with Crippen LogP contribution in [0.3, 0.4) is 0 Å². The normalized spacial score (nSPS) is 25.8. The highest BCUT2D eigenvalue weighted by molar-refractivity contribution is 6.21. The summed E-state index contributed by atoms with van der Waals surface area (Å²) in [6, 6.07) is 6.32. The SMILES string of the molecule is CN1C(=O)Cc2cc(C(Cl)C3CCCCC3(C)C)ccc21. The van der Waals surface area contributed by atoms with E-state index in [-0.39, 0.29) is 11.3 Å². The van der Waals surface area contributed by atoms with Crippen LogP contribution in [0.15, 0.2) is 18.2 Å². The van der Waals surface area contributed by atoms with Crippen LogP contribution in [0.5, 0.6) is 0 Å². The van der Waals surface area contributed by atoms with Gasteiger partial charge in [0.2, 0.25) is 5.91 Å². The van der Waals surface area contributed by atoms with Gasteiger partial charge in [-0.2, -0.15) is 0 Å². The van der Waals surface area contributed by atoms with E-state index in [1.54, 1.807) is 4.90 Å². The fourth-order valence-electron chi connectivity index (χ4n) is 3.96. The monoisotopic (exact) mass is 305 g/mol. The zero-order chi connectivity index (χ0) is 15.2. The summed E-state index contributed by atoms with van der Waals surface area (Å²) in [6.07, 6.45) is 5.57. The van der Waals surface area contributed by atoms with Crippen LogP contribution >= 0.6 is 11.6 Å². The minimum Gasteiger partial charge on any atom is -0.315 e. The highest BCUT2D eigenvalue weighted by Gasteiger charge is 2.37. The average molecular weight is 306 g/mol. The van der Waals surface area contributed by atoms with E-state index in [1.165, 1.54) is 31.2 Å². The van der Waals surface area contributed by atoms with Gasteiger partial charge >= 0.3 is 0 Å². The number of anilines is 1. The summed E-state index contributed by atoms with van der Waals surface area (Å²) in [5.41, 5.74) is 3.64. The Morgan fingerprint density at radius 1 is 1.33 bits per heavy atom. The summed E-state index contributed by atoms with van der Waals surface area (Å²) in [5.74, 6) is 0.687. The second-order valence-electron chi connectivity index (χ2n) is 7.26. The third-order valence-electron chi connectivity index (χ3n) is 5.44. The number of hydrogen-bond donors (Lipinski definition) is 0. The van der Waals surface area contributed by atoms with Crippen molar-refractivity contribution in [1.29, 1.82) is 0 Å². The van der Waals surface area contributed by atoms with Crippen LogP contribution in [0.4, 0.5) is 5.69 Å². The third-order valence-corrected chi connectivity index (χ3v) is 6.00. The van der Waals surface area contributed by atoms with Crippen molar-refractivity contribution < 1.29 is 4.79 Å². The number of likely N-dealkylation sites (N-methyl/N-ethyl adjacent to an activating group) is 1. The molecule has 3 rings (SSSR count). The zero-order valence-electron chi connectivity index (χ0n) is 13.2. The summed E-state index contributed by atoms with van der Waals surface area (Å²) < 4.78 is 0. The molecule has 1 aliphatic heterocycles. The molecule has 114 valence electrons. The molecule has 1 aliphatic carbocycles. The van der Waals surface area contributed by atoms with Crippen molar-refractivity contribution in [2.75, 3.05) is 11.9 Å². The van der Waals surface area contributed by atoms with E-state index >= 15 is 0 Å². The van der Waals surface area contributed by atoms with Gasteiger partial charge in [-0.3, -0.25) is 4.79 Å². The molecule has 0 bridgehead atoms. The topological polar surface area (TPSA) is 20.3 Å². The van der Waals surface area contributed by atoms with E-state index in [0.717, 1.165) is 11.3 Å². The van der Waals surface area contributed by atoms with Gasteiger partial charge in [-0.15, -0.1) is 11.6 Å². The minimum absolute atomic E-state index is 0.0478. The van der Waals surface area contributed by atoms with Gasteiger partial charge in [-0.25, -0.2) is 0 Å². The molecular weight excluding hydrogens is 282 g/mol. The lowest BCUT2D eigenvalue weighted by Crippen LogP contribution is -2.30. The first kappa shape index (κ1) is 14.9. The van der Waals surface area contributed by atoms with E-state index in [0.29, 0.717) is 17.8 Å². The smallest absolute Gasteiger partial charge is 0.231 e. The largest absolute Gasteiger partial charge is 0.315 e. The summed E-state index contributed by atoms with van der Waals surface area (Å²) in [7, 11) is 1.84. The van der Waals surface area contributed by atoms with Crippen molar-refractivity contribution in [3.8, 4) is 0 Å². The second-order valence-corrected chi connectivity index (χ2v) is 7.73. The number of rotatable bonds is 2. The predicted octanol–water partition coefficient (Wildman–Crippen LogP) is 4.70. The lowest BCUT2D eigenvalue weighted by molar-refractivity contribution is -0.117. The number of carbonyl (C=O) groups is 1. The second kappa shape index (κ2) is 5.31. The first-order valence-corrected chi connectivity index (χ1v) is 8.37. The molecule has 0 aromatic heterocycles. The Labute approximate surface area is 132 Å². The predicted molar refractivity (Wildman–Crippen MR) is 87.9 cm³/mol. The van der Waals surface area contributed by atoms with Crippen molar-refractivity contribution in [3.05, 3.63) is 29.3 Å². The molecule has 21 heavy (non-hydrogen) atoms. The molecule has 2 nitrogen and oxygen atoms in total. The molecule has 0 N–H and O–H groups in total. The lowest BCUT2D eigenvalue weighted by Gasteiger charge is -2.41. The van der Waals surface area contributed by atoms with Crippen LogP contribution in [0.25, 0.3) is 0 Å². The van der Waals surface area contributed by atoms with Crippen LogP contribution in [0.2, 0.25) is 0 Å². The maximum atomic E-state index is 11.8. The number of halogens is 1. The lowest BCUT2D eigenvalue weighted by atomic mass is 9.66. The molecule has 0 radical (unpaired) electrons. The number of nitrogens with zero attached hydrogens (tertiary/aromatic N) is 1. The van der Waals surface area contributed by atoms with Crippen LogP contribution in [0, 0.1) is 11.3 Å². The quantitative estimate of drug-likeness (QED) is 0.725. The van der Waals surface area contributed by atoms with Gasteiger partial charge in [0, 0.05) is 12.7 Å². The highest BCUT2D eigenvalue weighted by atomic mass is 35.5. The number of alkyl halides is 1. The summed E-state index contributed by atoms with van der Waals surface area (Å²) in [5, 5.41) is 0.0478. The molecule has 2 aliphatic rings. The standard InChI is InChI=1S/C18H24ClNO/c1-18(2)9-5-4-6-14(18)17(19)12-7-8-15-13(10-12)11-16(21)20(15)3/h7-8,10,14,17H,4-6,9,11H2,1-3H3. The van der Waals surface area contributed by atoms with Crippen molar-refractivity contribution in [1.82, 2.24) is 0 Å². The van der Waals surface area contributed by atoms with Crippen LogP contribution in [0.1, 0.15) is 56.0 Å². The first-order valence-electron chi connectivity index (χ1n) is 7.93. The molecule has 1 saturated carbocycles. The number of amides is 1. The summed E-state index contributed by atoms with van der Waals surface area (Å²) in [4.78, 5) is 13.6. The first-order chi connectivity index (χ1) is 9.90. The molecule has 0 spiro atoms. The molecule has 0 saturated heterocycles. The van der Waals surface area contributed by atoms with Crippen molar-refractivity contribution in [2.24, 2.45) is 11.3 Å². The Balaban J connectivity index is 1.88. The van der Waals surface area contributed by atoms with Crippen LogP contribution in [-0.2, 0) is 11.2 Å². The van der Waals surface area contributed by atoms with Crippen LogP contribution < -0.4 is 4.90 Å². The van der Waals surface area contributed by atoms with E-state index in [1.807, 2.05) is 7.05 Å². The Bertz CT molecular complexity index is 566. The fourth-order valence-corrected chi connectivity index (χ4v) is 4.56. The van der Waals surface area contributed by atoms with Gasteiger partial charge in [0.25, 0.3) is 0 Å². The van der Waals surface area contributed by atoms with E-state index in [9.17, 15) is 4.79 Å². The zero-order valence-corrected chi connectivity index (χ0v) is 13.9. The van der Waals surface area contributed by atoms with E-state index in [2.05, 4.69) is 32.0 Å². The van der Waals surface area contributed by atoms with Crippen molar-refractivity contribution in [2.45, 2.75) is 51.3 Å². The van der Waals surface area contributed by atoms with Gasteiger partial charge in [0.05, 0.1) is 11.8 Å². The Hall–Kier alpha value is -1.02. The Morgan fingerprint density at radius 2 is 2.10 bits per heavy atom. The number of benzene rings is 1. The average Bonchev–Trinajstić information content (AvgIpc) is 2.72. The highest BCUT2D eigenvalue weighted by Crippen LogP contribution is 2.49. The molecule has 2 atom stereocenters. The molecule has 3 heteroatoms. The number of carbonyl (C=O) groups excluding carboxylic acids is 1. The molecule has 1 aromatic rings. The minimum atomic E-state index is 0.0478. The van der Waals surface area contributed by atoms with E-state index < -0.39 is 0 Å². The molecule has 1 aromatic carbocycles. The Kier molecular flexibility index (Phi) is 3.77. The van der Waals surface area contributed by atoms with Crippen LogP contribution in [-0.4, -0.2) is 13.0 Å². The summed E-state index contributed by atoms with van der Waals surface area (Å²) in [6.45, 7) is 4.69. The molecule has 1 amide bonds. The Morgan fingerprint density at radius 3 is 2.81 bits per heavy atom. The number of hydrogen-bond acceptors (Lipinski definition) is 1. The number of fused-ring (bicyclic) bond motifs is 1. The van der Waals surface area contributed by atoms with Crippen molar-refractivity contribution >= 4 is 23.2 Å². The van der Waals surface area contributed by atoms with Gasteiger partial charge in [-0.05, 0) is 41.4 Å². The van der Waals surface area contributed by atoms with Gasteiger partial charge in [0.1, 0.15) is 0 Å². The van der Waals surface area contributed by atoms with Gasteiger partial charge in [-0.1, -0.05) is 38.8 Å².